The monoisotopic (exact) mass is 275 g/mol. The van der Waals surface area contributed by atoms with Gasteiger partial charge in [0.1, 0.15) is 0 Å². The molecule has 5 nitrogen and oxygen atoms in total. The number of hydrogen-bond donors (Lipinski definition) is 4. The highest BCUT2D eigenvalue weighted by Crippen LogP contribution is 2.19. The predicted octanol–water partition coefficient (Wildman–Crippen LogP) is 2.70. The number of benzene rings is 1. The fourth-order valence-corrected chi connectivity index (χ4v) is 2.02. The molecule has 0 saturated carbocycles. The van der Waals surface area contributed by atoms with Gasteiger partial charge in [-0.25, -0.2) is 4.79 Å². The number of hydrogen-bond acceptors (Lipinski definition) is 2. The summed E-state index contributed by atoms with van der Waals surface area (Å²) < 4.78 is 0. The van der Waals surface area contributed by atoms with Crippen LogP contribution < -0.4 is 10.6 Å². The molecule has 0 aliphatic carbocycles. The Labute approximate surface area is 118 Å². The molecule has 2 amide bonds. The number of rotatable bonds is 5. The molecular weight excluding hydrogens is 254 g/mol. The fourth-order valence-electron chi connectivity index (χ4n) is 2.02. The van der Waals surface area contributed by atoms with E-state index in [4.69, 9.17) is 5.11 Å². The third kappa shape index (κ3) is 3.74. The molecule has 108 valence electrons. The van der Waals surface area contributed by atoms with Crippen LogP contribution >= 0.6 is 0 Å². The van der Waals surface area contributed by atoms with E-state index in [1.165, 1.54) is 0 Å². The van der Waals surface area contributed by atoms with E-state index < -0.39 is 0 Å². The summed E-state index contributed by atoms with van der Waals surface area (Å²) in [6, 6.07) is 7.44. The molecule has 0 fully saturated rings. The van der Waals surface area contributed by atoms with Crippen LogP contribution in [0.1, 0.15) is 20.3 Å². The van der Waals surface area contributed by atoms with Crippen LogP contribution in [-0.2, 0) is 0 Å². The molecular formula is C15H21N3O2. The Hall–Kier alpha value is -2.01. The number of H-pyrrole nitrogens is 1. The molecule has 0 radical (unpaired) electrons. The van der Waals surface area contributed by atoms with Crippen LogP contribution in [0.5, 0.6) is 0 Å². The van der Waals surface area contributed by atoms with Crippen LogP contribution in [0.15, 0.2) is 30.5 Å². The summed E-state index contributed by atoms with van der Waals surface area (Å²) in [5.41, 5.74) is 1.69. The van der Waals surface area contributed by atoms with Crippen molar-refractivity contribution in [2.75, 3.05) is 18.5 Å². The van der Waals surface area contributed by atoms with Gasteiger partial charge in [0.2, 0.25) is 0 Å². The van der Waals surface area contributed by atoms with Gasteiger partial charge in [0.15, 0.2) is 0 Å². The lowest BCUT2D eigenvalue weighted by Crippen LogP contribution is -2.37. The van der Waals surface area contributed by atoms with Crippen molar-refractivity contribution in [1.29, 1.82) is 0 Å². The highest BCUT2D eigenvalue weighted by molar-refractivity contribution is 5.92. The van der Waals surface area contributed by atoms with E-state index in [2.05, 4.69) is 15.6 Å². The highest BCUT2D eigenvalue weighted by atomic mass is 16.3. The predicted molar refractivity (Wildman–Crippen MR) is 80.8 cm³/mol. The summed E-state index contributed by atoms with van der Waals surface area (Å²) in [5, 5.41) is 15.7. The Morgan fingerprint density at radius 1 is 1.35 bits per heavy atom. The van der Waals surface area contributed by atoms with Crippen molar-refractivity contribution in [1.82, 2.24) is 10.3 Å². The van der Waals surface area contributed by atoms with Crippen molar-refractivity contribution in [3.8, 4) is 0 Å². The smallest absolute Gasteiger partial charge is 0.319 e. The maximum absolute atomic E-state index is 11.8. The molecule has 0 saturated heterocycles. The standard InChI is InChI=1S/C15H21N3O2/c1-15(2,6-8-19)10-17-14(20)18-12-3-4-13-11(9-12)5-7-16-13/h3-5,7,9,16,19H,6,8,10H2,1-2H3,(H2,17,18,20). The minimum absolute atomic E-state index is 0.114. The Balaban J connectivity index is 1.90. The van der Waals surface area contributed by atoms with E-state index in [9.17, 15) is 4.79 Å². The number of aliphatic hydroxyl groups excluding tert-OH is 1. The minimum atomic E-state index is -0.231. The van der Waals surface area contributed by atoms with E-state index in [1.807, 2.05) is 44.3 Å². The normalized spacial score (nSPS) is 11.6. The molecule has 1 aromatic carbocycles. The first-order valence-corrected chi connectivity index (χ1v) is 6.73. The first-order valence-electron chi connectivity index (χ1n) is 6.73. The van der Waals surface area contributed by atoms with Gasteiger partial charge in [0.25, 0.3) is 0 Å². The summed E-state index contributed by atoms with van der Waals surface area (Å²) >= 11 is 0. The number of aliphatic hydroxyl groups is 1. The SMILES string of the molecule is CC(C)(CCO)CNC(=O)Nc1ccc2[nH]ccc2c1. The lowest BCUT2D eigenvalue weighted by atomic mass is 9.90. The molecule has 5 heteroatoms. The van der Waals surface area contributed by atoms with Crippen LogP contribution in [0.25, 0.3) is 10.9 Å². The number of urea groups is 1. The van der Waals surface area contributed by atoms with Crippen molar-refractivity contribution in [3.63, 3.8) is 0 Å². The van der Waals surface area contributed by atoms with Crippen LogP contribution in [0.3, 0.4) is 0 Å². The fraction of sp³-hybridized carbons (Fsp3) is 0.400. The molecule has 4 N–H and O–H groups in total. The van der Waals surface area contributed by atoms with Gasteiger partial charge in [-0.15, -0.1) is 0 Å². The second-order valence-corrected chi connectivity index (χ2v) is 5.73. The van der Waals surface area contributed by atoms with Crippen LogP contribution in [0.2, 0.25) is 0 Å². The van der Waals surface area contributed by atoms with Crippen LogP contribution in [0, 0.1) is 5.41 Å². The topological polar surface area (TPSA) is 77.2 Å². The van der Waals surface area contributed by atoms with Crippen LogP contribution in [-0.4, -0.2) is 29.3 Å². The number of aromatic amines is 1. The maximum atomic E-state index is 11.8. The van der Waals surface area contributed by atoms with E-state index in [1.54, 1.807) is 0 Å². The van der Waals surface area contributed by atoms with Gasteiger partial charge in [0.05, 0.1) is 0 Å². The molecule has 2 aromatic rings. The Kier molecular flexibility index (Phi) is 4.29. The number of carbonyl (C=O) groups excluding carboxylic acids is 1. The molecule has 0 aliphatic rings. The second kappa shape index (κ2) is 5.96. The van der Waals surface area contributed by atoms with Crippen molar-refractivity contribution >= 4 is 22.6 Å². The number of nitrogens with one attached hydrogen (secondary N) is 3. The molecule has 1 aromatic heterocycles. The number of anilines is 1. The van der Waals surface area contributed by atoms with Gasteiger partial charge < -0.3 is 20.7 Å². The summed E-state index contributed by atoms with van der Waals surface area (Å²) in [4.78, 5) is 15.0. The Morgan fingerprint density at radius 3 is 2.90 bits per heavy atom. The zero-order chi connectivity index (χ0) is 14.6. The third-order valence-electron chi connectivity index (χ3n) is 3.33. The van der Waals surface area contributed by atoms with Gasteiger partial charge in [-0.2, -0.15) is 0 Å². The molecule has 20 heavy (non-hydrogen) atoms. The number of aromatic nitrogens is 1. The van der Waals surface area contributed by atoms with Gasteiger partial charge in [-0.3, -0.25) is 0 Å². The van der Waals surface area contributed by atoms with E-state index in [0.29, 0.717) is 13.0 Å². The average Bonchev–Trinajstić information content (AvgIpc) is 2.84. The summed E-state index contributed by atoms with van der Waals surface area (Å²) in [5.74, 6) is 0. The Bertz CT molecular complexity index is 590. The van der Waals surface area contributed by atoms with Crippen LogP contribution in [0.4, 0.5) is 10.5 Å². The number of fused-ring (bicyclic) bond motifs is 1. The molecule has 0 bridgehead atoms. The van der Waals surface area contributed by atoms with Crippen molar-refractivity contribution < 1.29 is 9.90 Å². The first kappa shape index (κ1) is 14.4. The quantitative estimate of drug-likeness (QED) is 0.677. The van der Waals surface area contributed by atoms with Gasteiger partial charge in [-0.05, 0) is 36.1 Å². The second-order valence-electron chi connectivity index (χ2n) is 5.73. The molecule has 1 heterocycles. The number of carbonyl (C=O) groups is 1. The molecule has 0 spiro atoms. The molecule has 0 atom stereocenters. The number of amides is 2. The first-order chi connectivity index (χ1) is 9.50. The zero-order valence-electron chi connectivity index (χ0n) is 11.9. The van der Waals surface area contributed by atoms with E-state index in [0.717, 1.165) is 16.6 Å². The largest absolute Gasteiger partial charge is 0.396 e. The minimum Gasteiger partial charge on any atom is -0.396 e. The zero-order valence-corrected chi connectivity index (χ0v) is 11.9. The van der Waals surface area contributed by atoms with Crippen molar-refractivity contribution in [2.24, 2.45) is 5.41 Å². The molecule has 0 aliphatic heterocycles. The van der Waals surface area contributed by atoms with Gasteiger partial charge in [0, 0.05) is 35.9 Å². The Morgan fingerprint density at radius 2 is 2.15 bits per heavy atom. The van der Waals surface area contributed by atoms with Gasteiger partial charge >= 0.3 is 6.03 Å². The van der Waals surface area contributed by atoms with Crippen molar-refractivity contribution in [3.05, 3.63) is 30.5 Å². The molecule has 2 rings (SSSR count). The summed E-state index contributed by atoms with van der Waals surface area (Å²) in [6.45, 7) is 4.66. The van der Waals surface area contributed by atoms with E-state index in [-0.39, 0.29) is 18.1 Å². The maximum Gasteiger partial charge on any atom is 0.319 e. The summed E-state index contributed by atoms with van der Waals surface area (Å²) in [7, 11) is 0. The third-order valence-corrected chi connectivity index (χ3v) is 3.33. The van der Waals surface area contributed by atoms with E-state index >= 15 is 0 Å². The molecule has 0 unspecified atom stereocenters. The van der Waals surface area contributed by atoms with Gasteiger partial charge in [-0.1, -0.05) is 13.8 Å². The highest BCUT2D eigenvalue weighted by Gasteiger charge is 2.18. The average molecular weight is 275 g/mol. The van der Waals surface area contributed by atoms with Crippen molar-refractivity contribution in [2.45, 2.75) is 20.3 Å². The summed E-state index contributed by atoms with van der Waals surface area (Å²) in [6.07, 6.45) is 2.52. The lowest BCUT2D eigenvalue weighted by Gasteiger charge is -2.23. The lowest BCUT2D eigenvalue weighted by molar-refractivity contribution is 0.204.